The Bertz CT molecular complexity index is 907. The second-order valence-corrected chi connectivity index (χ2v) is 6.30. The van der Waals surface area contributed by atoms with Gasteiger partial charge in [0.05, 0.1) is 24.3 Å². The molecule has 0 atom stereocenters. The fourth-order valence-electron chi connectivity index (χ4n) is 3.39. The number of methoxy groups -OCH3 is 1. The number of piperidine rings is 1. The predicted molar refractivity (Wildman–Crippen MR) is 97.5 cm³/mol. The summed E-state index contributed by atoms with van der Waals surface area (Å²) in [6.45, 7) is 2.05. The Morgan fingerprint density at radius 1 is 1.04 bits per heavy atom. The highest BCUT2D eigenvalue weighted by atomic mass is 19.1. The number of para-hydroxylation sites is 1. The van der Waals surface area contributed by atoms with Gasteiger partial charge in [-0.1, -0.05) is 18.2 Å². The average molecular weight is 337 g/mol. The van der Waals surface area contributed by atoms with E-state index in [1.807, 2.05) is 30.5 Å². The zero-order valence-electron chi connectivity index (χ0n) is 14.2. The van der Waals surface area contributed by atoms with Crippen molar-refractivity contribution in [3.63, 3.8) is 0 Å². The van der Waals surface area contributed by atoms with Crippen LogP contribution in [0.1, 0.15) is 19.3 Å². The summed E-state index contributed by atoms with van der Waals surface area (Å²) < 4.78 is 19.2. The smallest absolute Gasteiger partial charge is 0.165 e. The molecule has 1 aliphatic rings. The molecular weight excluding hydrogens is 317 g/mol. The maximum absolute atomic E-state index is 14.0. The lowest BCUT2D eigenvalue weighted by molar-refractivity contribution is 0.388. The summed E-state index contributed by atoms with van der Waals surface area (Å²) in [4.78, 5) is 11.6. The van der Waals surface area contributed by atoms with Crippen molar-refractivity contribution in [2.24, 2.45) is 0 Å². The Hall–Kier alpha value is -2.69. The van der Waals surface area contributed by atoms with E-state index in [-0.39, 0.29) is 11.6 Å². The third kappa shape index (κ3) is 3.02. The van der Waals surface area contributed by atoms with E-state index < -0.39 is 0 Å². The average Bonchev–Trinajstić information content (AvgIpc) is 2.67. The molecule has 2 aromatic carbocycles. The number of rotatable bonds is 3. The molecule has 3 aromatic rings. The Kier molecular flexibility index (Phi) is 4.22. The van der Waals surface area contributed by atoms with Crippen LogP contribution in [-0.2, 0) is 0 Å². The molecule has 0 aliphatic carbocycles. The predicted octanol–water partition coefficient (Wildman–Crippen LogP) is 4.43. The number of ether oxygens (including phenoxy) is 1. The van der Waals surface area contributed by atoms with Gasteiger partial charge in [-0.15, -0.1) is 0 Å². The van der Waals surface area contributed by atoms with Crippen LogP contribution in [-0.4, -0.2) is 30.2 Å². The minimum absolute atomic E-state index is 0.252. The minimum Gasteiger partial charge on any atom is -0.493 e. The summed E-state index contributed by atoms with van der Waals surface area (Å²) in [7, 11) is 1.48. The molecule has 25 heavy (non-hydrogen) atoms. The van der Waals surface area contributed by atoms with E-state index in [2.05, 4.69) is 9.88 Å². The second-order valence-electron chi connectivity index (χ2n) is 6.30. The molecule has 128 valence electrons. The third-order valence-corrected chi connectivity index (χ3v) is 4.69. The Morgan fingerprint density at radius 2 is 1.88 bits per heavy atom. The lowest BCUT2D eigenvalue weighted by Crippen LogP contribution is -2.30. The topological polar surface area (TPSA) is 38.2 Å². The fourth-order valence-corrected chi connectivity index (χ4v) is 3.39. The van der Waals surface area contributed by atoms with E-state index in [1.54, 1.807) is 6.07 Å². The van der Waals surface area contributed by atoms with Crippen LogP contribution >= 0.6 is 0 Å². The lowest BCUT2D eigenvalue weighted by atomic mass is 10.0. The van der Waals surface area contributed by atoms with Crippen LogP contribution in [0.15, 0.2) is 42.6 Å². The van der Waals surface area contributed by atoms with Crippen molar-refractivity contribution in [1.82, 2.24) is 9.97 Å². The van der Waals surface area contributed by atoms with E-state index in [0.29, 0.717) is 0 Å². The molecule has 4 nitrogen and oxygen atoms in total. The van der Waals surface area contributed by atoms with Gasteiger partial charge in [-0.3, -0.25) is 4.98 Å². The second kappa shape index (κ2) is 6.67. The van der Waals surface area contributed by atoms with Crippen molar-refractivity contribution in [1.29, 1.82) is 0 Å². The SMILES string of the molecule is COc1c(F)cccc1-c1ccc2ncc(N3CCCCC3)nc2c1. The largest absolute Gasteiger partial charge is 0.493 e. The van der Waals surface area contributed by atoms with Gasteiger partial charge in [0.1, 0.15) is 5.82 Å². The molecule has 5 heteroatoms. The first-order valence-corrected chi connectivity index (χ1v) is 8.61. The van der Waals surface area contributed by atoms with E-state index >= 15 is 0 Å². The van der Waals surface area contributed by atoms with Crippen LogP contribution in [0, 0.1) is 5.82 Å². The van der Waals surface area contributed by atoms with Gasteiger partial charge in [-0.2, -0.15) is 0 Å². The summed E-state index contributed by atoms with van der Waals surface area (Å²) in [6.07, 6.45) is 5.51. The quantitative estimate of drug-likeness (QED) is 0.708. The fraction of sp³-hybridized carbons (Fsp3) is 0.300. The van der Waals surface area contributed by atoms with Crippen molar-refractivity contribution in [2.45, 2.75) is 19.3 Å². The number of halogens is 1. The van der Waals surface area contributed by atoms with Crippen molar-refractivity contribution in [3.8, 4) is 16.9 Å². The van der Waals surface area contributed by atoms with Crippen molar-refractivity contribution >= 4 is 16.9 Å². The number of nitrogens with zero attached hydrogens (tertiary/aromatic N) is 3. The first-order chi connectivity index (χ1) is 12.3. The highest BCUT2D eigenvalue weighted by Crippen LogP contribution is 2.33. The Balaban J connectivity index is 1.77. The van der Waals surface area contributed by atoms with Gasteiger partial charge >= 0.3 is 0 Å². The summed E-state index contributed by atoms with van der Waals surface area (Å²) >= 11 is 0. The molecule has 1 aromatic heterocycles. The first-order valence-electron chi connectivity index (χ1n) is 8.61. The van der Waals surface area contributed by atoms with E-state index in [0.717, 1.165) is 41.1 Å². The first kappa shape index (κ1) is 15.8. The number of benzene rings is 2. The summed E-state index contributed by atoms with van der Waals surface area (Å²) in [5, 5.41) is 0. The van der Waals surface area contributed by atoms with E-state index in [9.17, 15) is 4.39 Å². The van der Waals surface area contributed by atoms with Crippen molar-refractivity contribution in [3.05, 3.63) is 48.4 Å². The summed E-state index contributed by atoms with van der Waals surface area (Å²) in [6, 6.07) is 10.7. The number of hydrogen-bond acceptors (Lipinski definition) is 4. The molecule has 0 spiro atoms. The molecule has 0 saturated carbocycles. The molecule has 4 rings (SSSR count). The maximum atomic E-state index is 14.0. The number of aromatic nitrogens is 2. The normalized spacial score (nSPS) is 14.7. The highest BCUT2D eigenvalue weighted by Gasteiger charge is 2.15. The van der Waals surface area contributed by atoms with Crippen LogP contribution in [0.25, 0.3) is 22.2 Å². The molecule has 1 fully saturated rings. The molecular formula is C20H20FN3O. The number of fused-ring (bicyclic) bond motifs is 1. The van der Waals surface area contributed by atoms with Crippen molar-refractivity contribution in [2.75, 3.05) is 25.1 Å². The van der Waals surface area contributed by atoms with Crippen LogP contribution in [0.5, 0.6) is 5.75 Å². The van der Waals surface area contributed by atoms with Gasteiger partial charge < -0.3 is 9.64 Å². The van der Waals surface area contributed by atoms with Gasteiger partial charge in [-0.25, -0.2) is 9.37 Å². The molecule has 0 N–H and O–H groups in total. The molecule has 0 bridgehead atoms. The van der Waals surface area contributed by atoms with Gasteiger partial charge in [0.15, 0.2) is 11.6 Å². The molecule has 2 heterocycles. The zero-order chi connectivity index (χ0) is 17.2. The third-order valence-electron chi connectivity index (χ3n) is 4.69. The number of anilines is 1. The maximum Gasteiger partial charge on any atom is 0.165 e. The minimum atomic E-state index is -0.367. The molecule has 0 radical (unpaired) electrons. The molecule has 1 saturated heterocycles. The molecule has 1 aliphatic heterocycles. The van der Waals surface area contributed by atoms with Crippen molar-refractivity contribution < 1.29 is 9.13 Å². The lowest BCUT2D eigenvalue weighted by Gasteiger charge is -2.27. The zero-order valence-corrected chi connectivity index (χ0v) is 14.2. The molecule has 0 amide bonds. The monoisotopic (exact) mass is 337 g/mol. The van der Waals surface area contributed by atoms with E-state index in [1.165, 1.54) is 32.4 Å². The van der Waals surface area contributed by atoms with Gasteiger partial charge in [0.25, 0.3) is 0 Å². The summed E-state index contributed by atoms with van der Waals surface area (Å²) in [5.74, 6) is 0.797. The highest BCUT2D eigenvalue weighted by molar-refractivity contribution is 5.84. The van der Waals surface area contributed by atoms with Crippen LogP contribution < -0.4 is 9.64 Å². The standard InChI is InChI=1S/C20H20FN3O/c1-25-20-15(6-5-7-16(20)21)14-8-9-17-18(12-14)23-19(13-22-17)24-10-3-2-4-11-24/h5-9,12-13H,2-4,10-11H2,1H3. The summed E-state index contributed by atoms with van der Waals surface area (Å²) in [5.41, 5.74) is 3.23. The van der Waals surface area contributed by atoms with Crippen LogP contribution in [0.3, 0.4) is 0 Å². The van der Waals surface area contributed by atoms with Crippen LogP contribution in [0.2, 0.25) is 0 Å². The van der Waals surface area contributed by atoms with E-state index in [4.69, 9.17) is 9.72 Å². The van der Waals surface area contributed by atoms with Gasteiger partial charge in [0.2, 0.25) is 0 Å². The number of hydrogen-bond donors (Lipinski definition) is 0. The Labute approximate surface area is 146 Å². The Morgan fingerprint density at radius 3 is 2.68 bits per heavy atom. The molecule has 0 unspecified atom stereocenters. The van der Waals surface area contributed by atoms with Gasteiger partial charge in [0, 0.05) is 18.7 Å². The van der Waals surface area contributed by atoms with Gasteiger partial charge in [-0.05, 0) is 43.0 Å². The van der Waals surface area contributed by atoms with Crippen LogP contribution in [0.4, 0.5) is 10.2 Å².